The number of anilines is 2. The Bertz CT molecular complexity index is 1390. The van der Waals surface area contributed by atoms with Crippen molar-refractivity contribution in [3.63, 3.8) is 0 Å². The molecule has 0 bridgehead atoms. The molecule has 2 heterocycles. The molecular formula is C30H32N4O2. The Morgan fingerprint density at radius 2 is 1.75 bits per heavy atom. The van der Waals surface area contributed by atoms with Crippen molar-refractivity contribution in [3.8, 4) is 11.1 Å². The second kappa shape index (κ2) is 9.80. The molecule has 3 N–H and O–H groups in total. The van der Waals surface area contributed by atoms with Gasteiger partial charge >= 0.3 is 0 Å². The quantitative estimate of drug-likeness (QED) is 0.350. The number of ether oxygens (including phenoxy) is 1. The van der Waals surface area contributed by atoms with E-state index in [-0.39, 0.29) is 5.91 Å². The molecular weight excluding hydrogens is 448 g/mol. The lowest BCUT2D eigenvalue weighted by molar-refractivity contribution is 0.0365. The number of morpholine rings is 1. The molecule has 1 saturated heterocycles. The van der Waals surface area contributed by atoms with Crippen molar-refractivity contribution >= 4 is 28.2 Å². The van der Waals surface area contributed by atoms with E-state index in [0.29, 0.717) is 22.9 Å². The molecule has 2 aliphatic rings. The lowest BCUT2D eigenvalue weighted by Gasteiger charge is -2.26. The monoisotopic (exact) mass is 480 g/mol. The normalized spacial score (nSPS) is 16.3. The molecule has 4 aromatic rings. The number of hydrogen-bond acceptors (Lipinski definition) is 4. The Labute approximate surface area is 211 Å². The number of nitrogen functional groups attached to an aromatic ring is 1. The highest BCUT2D eigenvalue weighted by Gasteiger charge is 2.28. The van der Waals surface area contributed by atoms with Gasteiger partial charge in [0.15, 0.2) is 0 Å². The van der Waals surface area contributed by atoms with Crippen molar-refractivity contribution in [3.05, 3.63) is 84.1 Å². The molecule has 6 rings (SSSR count). The van der Waals surface area contributed by atoms with Crippen LogP contribution in [0.2, 0.25) is 0 Å². The standard InChI is InChI=1S/C30H32N4O2/c31-27-9-8-23(21-4-2-1-3-5-21)20-28(27)32-30(35)25-18-24-10-11-34(13-12-33-14-16-36-17-15-33)29(24)26(19-25)22-6-7-22/h1-5,8-11,18-20,22H,6-7,12-17,31H2,(H,32,35). The summed E-state index contributed by atoms with van der Waals surface area (Å²) in [6.07, 6.45) is 4.53. The van der Waals surface area contributed by atoms with Crippen LogP contribution in [0.5, 0.6) is 0 Å². The van der Waals surface area contributed by atoms with Gasteiger partial charge in [0.25, 0.3) is 5.91 Å². The third-order valence-electron chi connectivity index (χ3n) is 7.34. The maximum atomic E-state index is 13.4. The van der Waals surface area contributed by atoms with E-state index in [4.69, 9.17) is 10.5 Å². The summed E-state index contributed by atoms with van der Waals surface area (Å²) >= 11 is 0. The summed E-state index contributed by atoms with van der Waals surface area (Å²) in [7, 11) is 0. The summed E-state index contributed by atoms with van der Waals surface area (Å²) in [5.41, 5.74) is 12.8. The van der Waals surface area contributed by atoms with E-state index in [1.165, 1.54) is 23.9 Å². The number of nitrogens with two attached hydrogens (primary N) is 1. The Morgan fingerprint density at radius 1 is 0.944 bits per heavy atom. The SMILES string of the molecule is Nc1ccc(-c2ccccc2)cc1NC(=O)c1cc(C2CC2)c2c(ccn2CCN2CCOCC2)c1. The molecule has 0 atom stereocenters. The van der Waals surface area contributed by atoms with Crippen LogP contribution in [0.15, 0.2) is 72.9 Å². The van der Waals surface area contributed by atoms with Crippen LogP contribution >= 0.6 is 0 Å². The highest BCUT2D eigenvalue weighted by Crippen LogP contribution is 2.44. The number of nitrogens with one attached hydrogen (secondary N) is 1. The number of benzene rings is 3. The first-order valence-electron chi connectivity index (χ1n) is 12.8. The summed E-state index contributed by atoms with van der Waals surface area (Å²) in [6.45, 7) is 5.57. The predicted molar refractivity (Wildman–Crippen MR) is 145 cm³/mol. The number of fused-ring (bicyclic) bond motifs is 1. The molecule has 0 radical (unpaired) electrons. The molecule has 0 unspecified atom stereocenters. The minimum Gasteiger partial charge on any atom is -0.397 e. The average Bonchev–Trinajstić information content (AvgIpc) is 3.69. The number of rotatable bonds is 7. The molecule has 1 amide bonds. The number of carbonyl (C=O) groups is 1. The summed E-state index contributed by atoms with van der Waals surface area (Å²) in [6, 6.07) is 22.1. The van der Waals surface area contributed by atoms with Crippen molar-refractivity contribution < 1.29 is 9.53 Å². The van der Waals surface area contributed by atoms with Gasteiger partial charge in [-0.05, 0) is 65.8 Å². The van der Waals surface area contributed by atoms with Gasteiger partial charge in [0.2, 0.25) is 0 Å². The van der Waals surface area contributed by atoms with Gasteiger partial charge in [0, 0.05) is 43.3 Å². The highest BCUT2D eigenvalue weighted by atomic mass is 16.5. The van der Waals surface area contributed by atoms with Crippen LogP contribution in [0.25, 0.3) is 22.0 Å². The predicted octanol–water partition coefficient (Wildman–Crippen LogP) is 5.35. The summed E-state index contributed by atoms with van der Waals surface area (Å²) in [4.78, 5) is 15.9. The van der Waals surface area contributed by atoms with Gasteiger partial charge in [-0.2, -0.15) is 0 Å². The van der Waals surface area contributed by atoms with E-state index in [1.807, 2.05) is 42.5 Å². The zero-order valence-electron chi connectivity index (χ0n) is 20.5. The molecule has 0 spiro atoms. The molecule has 184 valence electrons. The lowest BCUT2D eigenvalue weighted by atomic mass is 10.0. The van der Waals surface area contributed by atoms with E-state index in [1.54, 1.807) is 0 Å². The van der Waals surface area contributed by atoms with Crippen molar-refractivity contribution in [1.82, 2.24) is 9.47 Å². The van der Waals surface area contributed by atoms with E-state index < -0.39 is 0 Å². The van der Waals surface area contributed by atoms with Crippen LogP contribution in [-0.2, 0) is 11.3 Å². The molecule has 6 heteroatoms. The molecule has 6 nitrogen and oxygen atoms in total. The van der Waals surface area contributed by atoms with Crippen molar-refractivity contribution in [2.45, 2.75) is 25.3 Å². The number of amides is 1. The maximum Gasteiger partial charge on any atom is 0.255 e. The summed E-state index contributed by atoms with van der Waals surface area (Å²) < 4.78 is 7.85. The van der Waals surface area contributed by atoms with E-state index in [2.05, 4.69) is 45.2 Å². The molecule has 36 heavy (non-hydrogen) atoms. The highest BCUT2D eigenvalue weighted by molar-refractivity contribution is 6.08. The van der Waals surface area contributed by atoms with Gasteiger partial charge in [0.1, 0.15) is 0 Å². The molecule has 1 aliphatic carbocycles. The zero-order chi connectivity index (χ0) is 24.5. The van der Waals surface area contributed by atoms with Crippen LogP contribution < -0.4 is 11.1 Å². The van der Waals surface area contributed by atoms with Crippen LogP contribution in [0.4, 0.5) is 11.4 Å². The maximum absolute atomic E-state index is 13.4. The van der Waals surface area contributed by atoms with Crippen LogP contribution in [0.1, 0.15) is 34.7 Å². The van der Waals surface area contributed by atoms with Crippen LogP contribution in [0, 0.1) is 0 Å². The van der Waals surface area contributed by atoms with E-state index in [0.717, 1.165) is 55.9 Å². The Hall–Kier alpha value is -3.61. The smallest absolute Gasteiger partial charge is 0.255 e. The van der Waals surface area contributed by atoms with Gasteiger partial charge in [-0.15, -0.1) is 0 Å². The molecule has 1 aromatic heterocycles. The van der Waals surface area contributed by atoms with E-state index >= 15 is 0 Å². The number of nitrogens with zero attached hydrogens (tertiary/aromatic N) is 2. The third kappa shape index (κ3) is 4.74. The first-order chi connectivity index (χ1) is 17.7. The topological polar surface area (TPSA) is 72.5 Å². The third-order valence-corrected chi connectivity index (χ3v) is 7.34. The Morgan fingerprint density at radius 3 is 2.53 bits per heavy atom. The minimum absolute atomic E-state index is 0.128. The van der Waals surface area contributed by atoms with Crippen molar-refractivity contribution in [2.75, 3.05) is 43.9 Å². The largest absolute Gasteiger partial charge is 0.397 e. The first kappa shape index (κ1) is 22.8. The summed E-state index contributed by atoms with van der Waals surface area (Å²) in [5, 5.41) is 4.20. The molecule has 1 aliphatic heterocycles. The van der Waals surface area contributed by atoms with Crippen LogP contribution in [0.3, 0.4) is 0 Å². The van der Waals surface area contributed by atoms with E-state index in [9.17, 15) is 4.79 Å². The van der Waals surface area contributed by atoms with Gasteiger partial charge in [-0.3, -0.25) is 9.69 Å². The Kier molecular flexibility index (Phi) is 6.21. The summed E-state index contributed by atoms with van der Waals surface area (Å²) in [5.74, 6) is 0.403. The van der Waals surface area contributed by atoms with Gasteiger partial charge in [-0.25, -0.2) is 0 Å². The second-order valence-electron chi connectivity index (χ2n) is 9.86. The fourth-order valence-corrected chi connectivity index (χ4v) is 5.15. The number of carbonyl (C=O) groups excluding carboxylic acids is 1. The van der Waals surface area contributed by atoms with Gasteiger partial charge in [-0.1, -0.05) is 36.4 Å². The van der Waals surface area contributed by atoms with Crippen LogP contribution in [-0.4, -0.2) is 48.2 Å². The molecule has 3 aromatic carbocycles. The number of aromatic nitrogens is 1. The van der Waals surface area contributed by atoms with Gasteiger partial charge in [0.05, 0.1) is 30.1 Å². The zero-order valence-corrected chi connectivity index (χ0v) is 20.5. The van der Waals surface area contributed by atoms with Crippen molar-refractivity contribution in [1.29, 1.82) is 0 Å². The fourth-order valence-electron chi connectivity index (χ4n) is 5.15. The van der Waals surface area contributed by atoms with Gasteiger partial charge < -0.3 is 20.4 Å². The molecule has 1 saturated carbocycles. The van der Waals surface area contributed by atoms with Crippen molar-refractivity contribution in [2.24, 2.45) is 0 Å². The fraction of sp³-hybridized carbons (Fsp3) is 0.300. The number of hydrogen-bond donors (Lipinski definition) is 2. The second-order valence-corrected chi connectivity index (χ2v) is 9.86. The first-order valence-corrected chi connectivity index (χ1v) is 12.8. The Balaban J connectivity index is 1.26. The minimum atomic E-state index is -0.128. The average molecular weight is 481 g/mol. The molecule has 2 fully saturated rings. The lowest BCUT2D eigenvalue weighted by Crippen LogP contribution is -2.38.